The van der Waals surface area contributed by atoms with E-state index in [9.17, 15) is 9.59 Å². The molecule has 0 saturated carbocycles. The van der Waals surface area contributed by atoms with Crippen LogP contribution >= 0.6 is 23.4 Å². The standard InChI is InChI=1S/C19H21ClN2O2S/c1-2-3-4-18(23)21-16-9-11-17(12-10-16)25-13-19(24)22-15-7-5-14(20)6-8-15/h5-12H,2-4,13H2,1H3,(H,21,23)(H,22,24). The van der Waals surface area contributed by atoms with E-state index < -0.39 is 0 Å². The van der Waals surface area contributed by atoms with Gasteiger partial charge in [0.25, 0.3) is 0 Å². The summed E-state index contributed by atoms with van der Waals surface area (Å²) in [5, 5.41) is 6.32. The van der Waals surface area contributed by atoms with Crippen LogP contribution in [0.25, 0.3) is 0 Å². The van der Waals surface area contributed by atoms with E-state index in [-0.39, 0.29) is 11.8 Å². The number of halogens is 1. The summed E-state index contributed by atoms with van der Waals surface area (Å²) in [5.74, 6) is 0.263. The summed E-state index contributed by atoms with van der Waals surface area (Å²) in [7, 11) is 0. The van der Waals surface area contributed by atoms with E-state index in [0.29, 0.717) is 17.2 Å². The van der Waals surface area contributed by atoms with E-state index in [1.165, 1.54) is 11.8 Å². The van der Waals surface area contributed by atoms with Crippen molar-refractivity contribution in [3.05, 3.63) is 53.6 Å². The Bertz CT molecular complexity index is 702. The lowest BCUT2D eigenvalue weighted by Gasteiger charge is -2.07. The number of thioether (sulfide) groups is 1. The molecule has 2 rings (SSSR count). The molecule has 0 unspecified atom stereocenters. The summed E-state index contributed by atoms with van der Waals surface area (Å²) in [6.45, 7) is 2.06. The maximum absolute atomic E-state index is 12.0. The molecule has 6 heteroatoms. The minimum Gasteiger partial charge on any atom is -0.326 e. The second-order valence-electron chi connectivity index (χ2n) is 5.52. The summed E-state index contributed by atoms with van der Waals surface area (Å²) < 4.78 is 0. The number of amides is 2. The molecular weight excluding hydrogens is 356 g/mol. The Hall–Kier alpha value is -1.98. The maximum atomic E-state index is 12.0. The normalized spacial score (nSPS) is 10.3. The van der Waals surface area contributed by atoms with Gasteiger partial charge in [0.2, 0.25) is 11.8 Å². The van der Waals surface area contributed by atoms with E-state index in [0.717, 1.165) is 29.1 Å². The third-order valence-electron chi connectivity index (χ3n) is 3.39. The lowest BCUT2D eigenvalue weighted by Crippen LogP contribution is -2.13. The molecule has 25 heavy (non-hydrogen) atoms. The fraction of sp³-hybridized carbons (Fsp3) is 0.263. The lowest BCUT2D eigenvalue weighted by molar-refractivity contribution is -0.116. The molecule has 132 valence electrons. The van der Waals surface area contributed by atoms with Crippen molar-refractivity contribution < 1.29 is 9.59 Å². The zero-order valence-corrected chi connectivity index (χ0v) is 15.6. The minimum absolute atomic E-state index is 0.0320. The number of rotatable bonds is 8. The van der Waals surface area contributed by atoms with Gasteiger partial charge in [-0.3, -0.25) is 9.59 Å². The Morgan fingerprint density at radius 2 is 1.48 bits per heavy atom. The SMILES string of the molecule is CCCCC(=O)Nc1ccc(SCC(=O)Nc2ccc(Cl)cc2)cc1. The van der Waals surface area contributed by atoms with Gasteiger partial charge in [0.1, 0.15) is 0 Å². The largest absolute Gasteiger partial charge is 0.326 e. The maximum Gasteiger partial charge on any atom is 0.234 e. The molecule has 0 aliphatic carbocycles. The molecule has 0 aliphatic heterocycles. The summed E-state index contributed by atoms with van der Waals surface area (Å²) in [6.07, 6.45) is 2.43. The predicted octanol–water partition coefficient (Wildman–Crippen LogP) is 5.20. The van der Waals surface area contributed by atoms with Gasteiger partial charge < -0.3 is 10.6 Å². The second kappa shape index (κ2) is 10.1. The molecule has 2 aromatic carbocycles. The van der Waals surface area contributed by atoms with Gasteiger partial charge in [0.15, 0.2) is 0 Å². The van der Waals surface area contributed by atoms with Gasteiger partial charge in [0.05, 0.1) is 5.75 Å². The van der Waals surface area contributed by atoms with E-state index >= 15 is 0 Å². The van der Waals surface area contributed by atoms with Crippen LogP contribution in [0.15, 0.2) is 53.4 Å². The molecular formula is C19H21ClN2O2S. The fourth-order valence-electron chi connectivity index (χ4n) is 2.07. The quantitative estimate of drug-likeness (QED) is 0.622. The number of hydrogen-bond acceptors (Lipinski definition) is 3. The van der Waals surface area contributed by atoms with Gasteiger partial charge in [-0.15, -0.1) is 11.8 Å². The second-order valence-corrected chi connectivity index (χ2v) is 7.01. The number of benzene rings is 2. The fourth-order valence-corrected chi connectivity index (χ4v) is 2.90. The molecule has 2 aromatic rings. The number of carbonyl (C=O) groups excluding carboxylic acids is 2. The Kier molecular flexibility index (Phi) is 7.82. The highest BCUT2D eigenvalue weighted by Gasteiger charge is 2.05. The minimum atomic E-state index is -0.0794. The average molecular weight is 377 g/mol. The third kappa shape index (κ3) is 7.20. The van der Waals surface area contributed by atoms with Crippen molar-refractivity contribution in [1.29, 1.82) is 0 Å². The average Bonchev–Trinajstić information content (AvgIpc) is 2.61. The first-order valence-corrected chi connectivity index (χ1v) is 9.51. The van der Waals surface area contributed by atoms with Crippen LogP contribution in [-0.2, 0) is 9.59 Å². The van der Waals surface area contributed by atoms with Gasteiger partial charge >= 0.3 is 0 Å². The number of hydrogen-bond donors (Lipinski definition) is 2. The van der Waals surface area contributed by atoms with Crippen molar-refractivity contribution in [2.75, 3.05) is 16.4 Å². The number of unbranched alkanes of at least 4 members (excludes halogenated alkanes) is 1. The highest BCUT2D eigenvalue weighted by Crippen LogP contribution is 2.21. The number of anilines is 2. The molecule has 0 spiro atoms. The van der Waals surface area contributed by atoms with Crippen LogP contribution in [-0.4, -0.2) is 17.6 Å². The monoisotopic (exact) mass is 376 g/mol. The molecule has 2 amide bonds. The molecule has 0 heterocycles. The van der Waals surface area contributed by atoms with Crippen molar-refractivity contribution in [3.8, 4) is 0 Å². The molecule has 0 atom stereocenters. The van der Waals surface area contributed by atoms with Gasteiger partial charge in [-0.1, -0.05) is 24.9 Å². The van der Waals surface area contributed by atoms with Crippen molar-refractivity contribution in [3.63, 3.8) is 0 Å². The zero-order chi connectivity index (χ0) is 18.1. The summed E-state index contributed by atoms with van der Waals surface area (Å²) >= 11 is 7.26. The Morgan fingerprint density at radius 3 is 2.08 bits per heavy atom. The molecule has 2 N–H and O–H groups in total. The van der Waals surface area contributed by atoms with E-state index in [4.69, 9.17) is 11.6 Å². The van der Waals surface area contributed by atoms with Gasteiger partial charge in [-0.2, -0.15) is 0 Å². The summed E-state index contributed by atoms with van der Waals surface area (Å²) in [6, 6.07) is 14.5. The number of nitrogens with one attached hydrogen (secondary N) is 2. The van der Waals surface area contributed by atoms with Crippen molar-refractivity contribution in [2.45, 2.75) is 31.1 Å². The van der Waals surface area contributed by atoms with Crippen molar-refractivity contribution in [1.82, 2.24) is 0 Å². The van der Waals surface area contributed by atoms with Gasteiger partial charge in [0, 0.05) is 27.7 Å². The van der Waals surface area contributed by atoms with Crippen LogP contribution in [0.3, 0.4) is 0 Å². The lowest BCUT2D eigenvalue weighted by atomic mass is 10.2. The van der Waals surface area contributed by atoms with Crippen LogP contribution in [0.1, 0.15) is 26.2 Å². The third-order valence-corrected chi connectivity index (χ3v) is 4.66. The first-order valence-electron chi connectivity index (χ1n) is 8.15. The van der Waals surface area contributed by atoms with Gasteiger partial charge in [-0.05, 0) is 55.0 Å². The highest BCUT2D eigenvalue weighted by atomic mass is 35.5. The molecule has 0 fully saturated rings. The topological polar surface area (TPSA) is 58.2 Å². The van der Waals surface area contributed by atoms with Crippen LogP contribution in [0.5, 0.6) is 0 Å². The summed E-state index contributed by atoms with van der Waals surface area (Å²) in [4.78, 5) is 24.6. The summed E-state index contributed by atoms with van der Waals surface area (Å²) in [5.41, 5.74) is 1.50. The van der Waals surface area contributed by atoms with E-state index in [2.05, 4.69) is 17.6 Å². The molecule has 0 aromatic heterocycles. The van der Waals surface area contributed by atoms with Crippen molar-refractivity contribution >= 4 is 46.6 Å². The predicted molar refractivity (Wildman–Crippen MR) is 105 cm³/mol. The molecule has 0 saturated heterocycles. The Morgan fingerprint density at radius 1 is 0.920 bits per heavy atom. The smallest absolute Gasteiger partial charge is 0.234 e. The molecule has 4 nitrogen and oxygen atoms in total. The Labute approximate surface area is 157 Å². The first kappa shape index (κ1) is 19.3. The van der Waals surface area contributed by atoms with Crippen molar-refractivity contribution in [2.24, 2.45) is 0 Å². The number of carbonyl (C=O) groups is 2. The van der Waals surface area contributed by atoms with Crippen LogP contribution < -0.4 is 10.6 Å². The first-order chi connectivity index (χ1) is 12.1. The van der Waals surface area contributed by atoms with Crippen LogP contribution in [0.2, 0.25) is 5.02 Å². The van der Waals surface area contributed by atoms with Gasteiger partial charge in [-0.25, -0.2) is 0 Å². The molecule has 0 aliphatic rings. The molecule has 0 bridgehead atoms. The van der Waals surface area contributed by atoms with E-state index in [1.54, 1.807) is 24.3 Å². The highest BCUT2D eigenvalue weighted by molar-refractivity contribution is 8.00. The van der Waals surface area contributed by atoms with E-state index in [1.807, 2.05) is 24.3 Å². The Balaban J connectivity index is 1.77. The zero-order valence-electron chi connectivity index (χ0n) is 14.0. The molecule has 0 radical (unpaired) electrons. The van der Waals surface area contributed by atoms with Crippen LogP contribution in [0, 0.1) is 0 Å². The van der Waals surface area contributed by atoms with Crippen LogP contribution in [0.4, 0.5) is 11.4 Å².